The maximum absolute atomic E-state index is 5.54. The Morgan fingerprint density at radius 3 is 2.91 bits per heavy atom. The summed E-state index contributed by atoms with van der Waals surface area (Å²) < 4.78 is 11.0. The molecule has 3 aromatic heterocycles. The van der Waals surface area contributed by atoms with Crippen LogP contribution in [0.1, 0.15) is 6.92 Å². The van der Waals surface area contributed by atoms with Crippen LogP contribution < -0.4 is 4.74 Å². The first kappa shape index (κ1) is 13.6. The number of imidazole rings is 1. The molecule has 5 heteroatoms. The number of hydrogen-bond acceptors (Lipinski definition) is 4. The van der Waals surface area contributed by atoms with Gasteiger partial charge in [-0.1, -0.05) is 12.1 Å². The van der Waals surface area contributed by atoms with Crippen molar-refractivity contribution in [3.63, 3.8) is 0 Å². The summed E-state index contributed by atoms with van der Waals surface area (Å²) in [7, 11) is 0. The third kappa shape index (κ3) is 2.57. The molecule has 0 spiro atoms. The third-order valence-electron chi connectivity index (χ3n) is 3.56. The lowest BCUT2D eigenvalue weighted by molar-refractivity contribution is 0.340. The number of rotatable bonds is 4. The van der Waals surface area contributed by atoms with E-state index in [2.05, 4.69) is 15.0 Å². The molecule has 1 N–H and O–H groups in total. The van der Waals surface area contributed by atoms with Gasteiger partial charge in [0.2, 0.25) is 0 Å². The van der Waals surface area contributed by atoms with Gasteiger partial charge in [0.25, 0.3) is 0 Å². The smallest absolute Gasteiger partial charge is 0.178 e. The van der Waals surface area contributed by atoms with Crippen LogP contribution in [0.2, 0.25) is 0 Å². The number of nitrogens with zero attached hydrogens (tertiary/aromatic N) is 2. The van der Waals surface area contributed by atoms with Gasteiger partial charge in [-0.25, -0.2) is 9.97 Å². The van der Waals surface area contributed by atoms with Gasteiger partial charge in [0.05, 0.1) is 18.4 Å². The van der Waals surface area contributed by atoms with Crippen LogP contribution in [0.4, 0.5) is 0 Å². The molecule has 0 fully saturated rings. The summed E-state index contributed by atoms with van der Waals surface area (Å²) in [6, 6.07) is 13.6. The number of furan rings is 1. The highest BCUT2D eigenvalue weighted by atomic mass is 16.5. The summed E-state index contributed by atoms with van der Waals surface area (Å²) in [5, 5.41) is 0. The summed E-state index contributed by atoms with van der Waals surface area (Å²) in [5.74, 6) is 2.38. The number of nitrogens with one attached hydrogen (secondary N) is 1. The molecule has 0 amide bonds. The lowest BCUT2D eigenvalue weighted by Gasteiger charge is -2.03. The van der Waals surface area contributed by atoms with E-state index in [1.807, 2.05) is 49.4 Å². The van der Waals surface area contributed by atoms with Crippen molar-refractivity contribution in [3.05, 3.63) is 54.9 Å². The van der Waals surface area contributed by atoms with Gasteiger partial charge in [0.15, 0.2) is 5.65 Å². The highest BCUT2D eigenvalue weighted by Crippen LogP contribution is 2.26. The molecule has 0 aliphatic carbocycles. The number of H-pyrrole nitrogens is 1. The Hall–Kier alpha value is -3.08. The third-order valence-corrected chi connectivity index (χ3v) is 3.56. The normalized spacial score (nSPS) is 11.0. The maximum atomic E-state index is 5.54. The van der Waals surface area contributed by atoms with Crippen molar-refractivity contribution in [2.24, 2.45) is 0 Å². The Bertz CT molecular complexity index is 942. The van der Waals surface area contributed by atoms with E-state index in [9.17, 15) is 0 Å². The fourth-order valence-corrected chi connectivity index (χ4v) is 2.51. The van der Waals surface area contributed by atoms with Crippen LogP contribution in [0.5, 0.6) is 5.75 Å². The van der Waals surface area contributed by atoms with Crippen molar-refractivity contribution in [1.82, 2.24) is 15.0 Å². The fraction of sp³-hybridized carbons (Fsp3) is 0.111. The van der Waals surface area contributed by atoms with Crippen LogP contribution in [0.25, 0.3) is 33.9 Å². The van der Waals surface area contributed by atoms with Crippen LogP contribution >= 0.6 is 0 Å². The molecule has 4 rings (SSSR count). The van der Waals surface area contributed by atoms with Crippen LogP contribution in [0.15, 0.2) is 59.3 Å². The summed E-state index contributed by atoms with van der Waals surface area (Å²) in [5.41, 5.74) is 3.43. The van der Waals surface area contributed by atoms with Gasteiger partial charge < -0.3 is 14.1 Å². The number of aromatic amines is 1. The zero-order valence-corrected chi connectivity index (χ0v) is 12.6. The van der Waals surface area contributed by atoms with E-state index < -0.39 is 0 Å². The van der Waals surface area contributed by atoms with E-state index in [1.165, 1.54) is 0 Å². The molecule has 5 nitrogen and oxygen atoms in total. The number of pyridine rings is 1. The quantitative estimate of drug-likeness (QED) is 0.611. The van der Waals surface area contributed by atoms with Crippen LogP contribution in [-0.4, -0.2) is 21.6 Å². The molecule has 0 radical (unpaired) electrons. The number of aromatic nitrogens is 3. The largest absolute Gasteiger partial charge is 0.494 e. The molecular formula is C18H15N3O2. The number of fused-ring (bicyclic) bond motifs is 1. The Labute approximate surface area is 133 Å². The molecule has 0 bridgehead atoms. The SMILES string of the molecule is CCOc1cccc(-c2nc3ncc(-c4ccco4)cc3[nH]2)c1. The summed E-state index contributed by atoms with van der Waals surface area (Å²) in [6.07, 6.45) is 3.42. The van der Waals surface area contributed by atoms with E-state index in [4.69, 9.17) is 9.15 Å². The maximum Gasteiger partial charge on any atom is 0.178 e. The van der Waals surface area contributed by atoms with Gasteiger partial charge in [-0.15, -0.1) is 0 Å². The van der Waals surface area contributed by atoms with Crippen molar-refractivity contribution >= 4 is 11.2 Å². The minimum absolute atomic E-state index is 0.637. The minimum Gasteiger partial charge on any atom is -0.494 e. The monoisotopic (exact) mass is 305 g/mol. The Morgan fingerprint density at radius 1 is 1.13 bits per heavy atom. The van der Waals surface area contributed by atoms with E-state index in [1.54, 1.807) is 12.5 Å². The van der Waals surface area contributed by atoms with Crippen LogP contribution in [0, 0.1) is 0 Å². The lowest BCUT2D eigenvalue weighted by atomic mass is 10.2. The number of ether oxygens (including phenoxy) is 1. The molecule has 4 aromatic rings. The van der Waals surface area contributed by atoms with E-state index in [0.717, 1.165) is 34.0 Å². The first-order chi connectivity index (χ1) is 11.3. The van der Waals surface area contributed by atoms with Gasteiger partial charge in [-0.05, 0) is 37.3 Å². The molecule has 0 saturated heterocycles. The van der Waals surface area contributed by atoms with E-state index in [0.29, 0.717) is 12.3 Å². The summed E-state index contributed by atoms with van der Waals surface area (Å²) in [4.78, 5) is 12.3. The number of benzene rings is 1. The predicted octanol–water partition coefficient (Wildman–Crippen LogP) is 4.28. The molecule has 0 unspecified atom stereocenters. The summed E-state index contributed by atoms with van der Waals surface area (Å²) >= 11 is 0. The highest BCUT2D eigenvalue weighted by Gasteiger charge is 2.09. The molecule has 0 atom stereocenters. The molecule has 3 heterocycles. The second kappa shape index (κ2) is 5.61. The molecule has 23 heavy (non-hydrogen) atoms. The highest BCUT2D eigenvalue weighted by molar-refractivity contribution is 5.80. The van der Waals surface area contributed by atoms with Crippen LogP contribution in [0.3, 0.4) is 0 Å². The Kier molecular flexibility index (Phi) is 3.31. The van der Waals surface area contributed by atoms with Gasteiger partial charge in [-0.3, -0.25) is 0 Å². The molecule has 0 aliphatic rings. The van der Waals surface area contributed by atoms with Crippen molar-refractivity contribution in [1.29, 1.82) is 0 Å². The number of hydrogen-bond donors (Lipinski definition) is 1. The topological polar surface area (TPSA) is 63.9 Å². The molecule has 114 valence electrons. The lowest BCUT2D eigenvalue weighted by Crippen LogP contribution is -1.91. The zero-order valence-electron chi connectivity index (χ0n) is 12.6. The second-order valence-electron chi connectivity index (χ2n) is 5.12. The van der Waals surface area contributed by atoms with E-state index >= 15 is 0 Å². The standard InChI is InChI=1S/C18H15N3O2/c1-2-22-14-6-3-5-12(9-14)17-20-15-10-13(11-19-18(15)21-17)16-7-4-8-23-16/h3-11H,2H2,1H3,(H,19,20,21). The molecule has 0 aliphatic heterocycles. The molecule has 0 saturated carbocycles. The van der Waals surface area contributed by atoms with Crippen molar-refractivity contribution in [2.45, 2.75) is 6.92 Å². The van der Waals surface area contributed by atoms with Crippen molar-refractivity contribution in [3.8, 4) is 28.5 Å². The van der Waals surface area contributed by atoms with Gasteiger partial charge in [-0.2, -0.15) is 0 Å². The first-order valence-electron chi connectivity index (χ1n) is 7.46. The molecule has 1 aromatic carbocycles. The van der Waals surface area contributed by atoms with Crippen molar-refractivity contribution in [2.75, 3.05) is 6.61 Å². The van der Waals surface area contributed by atoms with Gasteiger partial charge >= 0.3 is 0 Å². The zero-order chi connectivity index (χ0) is 15.6. The second-order valence-corrected chi connectivity index (χ2v) is 5.12. The predicted molar refractivity (Wildman–Crippen MR) is 88.2 cm³/mol. The van der Waals surface area contributed by atoms with E-state index in [-0.39, 0.29) is 0 Å². The first-order valence-corrected chi connectivity index (χ1v) is 7.46. The average molecular weight is 305 g/mol. The molecular weight excluding hydrogens is 290 g/mol. The summed E-state index contributed by atoms with van der Waals surface area (Å²) in [6.45, 7) is 2.60. The minimum atomic E-state index is 0.637. The van der Waals surface area contributed by atoms with Crippen molar-refractivity contribution < 1.29 is 9.15 Å². The van der Waals surface area contributed by atoms with Gasteiger partial charge in [0, 0.05) is 17.3 Å². The van der Waals surface area contributed by atoms with Crippen LogP contribution in [-0.2, 0) is 0 Å². The Balaban J connectivity index is 1.75. The Morgan fingerprint density at radius 2 is 2.09 bits per heavy atom. The van der Waals surface area contributed by atoms with Gasteiger partial charge in [0.1, 0.15) is 17.3 Å². The fourth-order valence-electron chi connectivity index (χ4n) is 2.51. The average Bonchev–Trinajstić information content (AvgIpc) is 3.24.